The molecule has 1 saturated carbocycles. The van der Waals surface area contributed by atoms with Crippen molar-refractivity contribution in [2.24, 2.45) is 0 Å². The topological polar surface area (TPSA) is 75.4 Å². The first-order valence-corrected chi connectivity index (χ1v) is 7.10. The molecular formula is C14H19F2N3O3. The van der Waals surface area contributed by atoms with E-state index in [1.165, 1.54) is 18.7 Å². The Morgan fingerprint density at radius 3 is 2.41 bits per heavy atom. The first-order valence-electron chi connectivity index (χ1n) is 7.10. The van der Waals surface area contributed by atoms with Crippen molar-refractivity contribution in [3.63, 3.8) is 0 Å². The largest absolute Gasteiger partial charge is 0.480 e. The van der Waals surface area contributed by atoms with Crippen molar-refractivity contribution in [3.05, 3.63) is 17.0 Å². The van der Waals surface area contributed by atoms with Gasteiger partial charge in [0.15, 0.2) is 0 Å². The fraction of sp³-hybridized carbons (Fsp3) is 0.643. The maximum atomic E-state index is 12.8. The quantitative estimate of drug-likeness (QED) is 0.870. The molecule has 0 saturated heterocycles. The third kappa shape index (κ3) is 3.10. The highest BCUT2D eigenvalue weighted by Crippen LogP contribution is 2.30. The van der Waals surface area contributed by atoms with Crippen LogP contribution in [0.15, 0.2) is 0 Å². The Morgan fingerprint density at radius 1 is 1.41 bits per heavy atom. The molecule has 1 aromatic rings. The predicted molar refractivity (Wildman–Crippen MR) is 73.6 cm³/mol. The number of amides is 1. The van der Waals surface area contributed by atoms with Crippen molar-refractivity contribution >= 4 is 11.9 Å². The number of aryl methyl sites for hydroxylation is 1. The molecule has 1 fully saturated rings. The molecule has 1 amide bonds. The van der Waals surface area contributed by atoms with E-state index in [0.29, 0.717) is 15.9 Å². The molecule has 2 rings (SSSR count). The molecule has 22 heavy (non-hydrogen) atoms. The Labute approximate surface area is 126 Å². The van der Waals surface area contributed by atoms with Gasteiger partial charge in [0.1, 0.15) is 6.04 Å². The summed E-state index contributed by atoms with van der Waals surface area (Å²) in [7, 11) is 0. The number of hydrogen-bond donors (Lipinski definition) is 1. The van der Waals surface area contributed by atoms with Crippen LogP contribution in [-0.4, -0.2) is 43.7 Å². The van der Waals surface area contributed by atoms with E-state index in [9.17, 15) is 18.4 Å². The SMILES string of the molecule is Cc1nn(C(F)F)c(C)c1CC(=O)N(C1CC1)C(C)C(=O)O. The fourth-order valence-corrected chi connectivity index (χ4v) is 2.59. The molecule has 0 aromatic carbocycles. The Kier molecular flexibility index (Phi) is 4.48. The zero-order valence-electron chi connectivity index (χ0n) is 12.7. The molecule has 0 bridgehead atoms. The zero-order chi connectivity index (χ0) is 16.6. The minimum absolute atomic E-state index is 0.0654. The van der Waals surface area contributed by atoms with Crippen LogP contribution in [0.3, 0.4) is 0 Å². The van der Waals surface area contributed by atoms with E-state index in [0.717, 1.165) is 12.8 Å². The number of nitrogens with zero attached hydrogens (tertiary/aromatic N) is 3. The number of aliphatic carboxylic acids is 1. The Morgan fingerprint density at radius 2 is 2.00 bits per heavy atom. The molecule has 0 radical (unpaired) electrons. The summed E-state index contributed by atoms with van der Waals surface area (Å²) < 4.78 is 26.2. The second kappa shape index (κ2) is 6.02. The third-order valence-corrected chi connectivity index (χ3v) is 3.99. The van der Waals surface area contributed by atoms with Crippen LogP contribution in [0.2, 0.25) is 0 Å². The molecule has 1 N–H and O–H groups in total. The van der Waals surface area contributed by atoms with Crippen molar-refractivity contribution in [1.29, 1.82) is 0 Å². The highest BCUT2D eigenvalue weighted by molar-refractivity contribution is 5.85. The second-order valence-electron chi connectivity index (χ2n) is 5.59. The average molecular weight is 315 g/mol. The Balaban J connectivity index is 2.22. The van der Waals surface area contributed by atoms with Gasteiger partial charge in [0.25, 0.3) is 0 Å². The number of carbonyl (C=O) groups excluding carboxylic acids is 1. The van der Waals surface area contributed by atoms with E-state index >= 15 is 0 Å². The average Bonchev–Trinajstić information content (AvgIpc) is 3.21. The van der Waals surface area contributed by atoms with Gasteiger partial charge in [0, 0.05) is 17.3 Å². The predicted octanol–water partition coefficient (Wildman–Crippen LogP) is 1.90. The maximum Gasteiger partial charge on any atom is 0.333 e. The second-order valence-corrected chi connectivity index (χ2v) is 5.59. The lowest BCUT2D eigenvalue weighted by Gasteiger charge is -2.26. The molecule has 122 valence electrons. The van der Waals surface area contributed by atoms with Gasteiger partial charge in [-0.15, -0.1) is 0 Å². The molecule has 6 nitrogen and oxygen atoms in total. The summed E-state index contributed by atoms with van der Waals surface area (Å²) in [5.41, 5.74) is 1.04. The maximum absolute atomic E-state index is 12.8. The van der Waals surface area contributed by atoms with E-state index in [-0.39, 0.29) is 24.1 Å². The summed E-state index contributed by atoms with van der Waals surface area (Å²) >= 11 is 0. The third-order valence-electron chi connectivity index (χ3n) is 3.99. The van der Waals surface area contributed by atoms with Gasteiger partial charge in [0.05, 0.1) is 12.1 Å². The van der Waals surface area contributed by atoms with Crippen molar-refractivity contribution < 1.29 is 23.5 Å². The highest BCUT2D eigenvalue weighted by atomic mass is 19.3. The first kappa shape index (κ1) is 16.4. The zero-order valence-corrected chi connectivity index (χ0v) is 12.7. The molecular weight excluding hydrogens is 296 g/mol. The van der Waals surface area contributed by atoms with Crippen molar-refractivity contribution in [1.82, 2.24) is 14.7 Å². The number of carbonyl (C=O) groups is 2. The van der Waals surface area contributed by atoms with E-state index in [2.05, 4.69) is 5.10 Å². The highest BCUT2D eigenvalue weighted by Gasteiger charge is 2.38. The molecule has 1 aliphatic carbocycles. The summed E-state index contributed by atoms with van der Waals surface area (Å²) in [5, 5.41) is 12.9. The standard InChI is InChI=1S/C14H19F2N3O3/c1-7-11(8(2)19(17-7)14(15)16)6-12(20)18(10-4-5-10)9(3)13(21)22/h9-10,14H,4-6H2,1-3H3,(H,21,22). The van der Waals surface area contributed by atoms with Crippen LogP contribution < -0.4 is 0 Å². The summed E-state index contributed by atoms with van der Waals surface area (Å²) in [5.74, 6) is -1.44. The molecule has 1 aliphatic rings. The lowest BCUT2D eigenvalue weighted by Crippen LogP contribution is -2.45. The smallest absolute Gasteiger partial charge is 0.333 e. The van der Waals surface area contributed by atoms with Crippen LogP contribution >= 0.6 is 0 Å². The summed E-state index contributed by atoms with van der Waals surface area (Å²) in [6.45, 7) is 1.74. The normalized spacial score (nSPS) is 15.9. The van der Waals surface area contributed by atoms with Gasteiger partial charge in [-0.3, -0.25) is 4.79 Å². The van der Waals surface area contributed by atoms with Gasteiger partial charge in [-0.25, -0.2) is 9.48 Å². The molecule has 1 unspecified atom stereocenters. The lowest BCUT2D eigenvalue weighted by atomic mass is 10.1. The van der Waals surface area contributed by atoms with E-state index < -0.39 is 18.6 Å². The van der Waals surface area contributed by atoms with Crippen LogP contribution in [0.1, 0.15) is 43.3 Å². The van der Waals surface area contributed by atoms with Gasteiger partial charge in [-0.05, 0) is 33.6 Å². The van der Waals surface area contributed by atoms with E-state index in [1.54, 1.807) is 6.92 Å². The number of aromatic nitrogens is 2. The Bertz CT molecular complexity index is 596. The number of rotatable bonds is 6. The van der Waals surface area contributed by atoms with Gasteiger partial charge in [0.2, 0.25) is 5.91 Å². The van der Waals surface area contributed by atoms with Crippen molar-refractivity contribution in [2.75, 3.05) is 0 Å². The number of carboxylic acids is 1. The van der Waals surface area contributed by atoms with Crippen LogP contribution in [-0.2, 0) is 16.0 Å². The van der Waals surface area contributed by atoms with Crippen molar-refractivity contribution in [2.45, 2.75) is 58.7 Å². The minimum Gasteiger partial charge on any atom is -0.480 e. The summed E-state index contributed by atoms with van der Waals surface area (Å²) in [4.78, 5) is 25.0. The van der Waals surface area contributed by atoms with Crippen LogP contribution in [0.5, 0.6) is 0 Å². The summed E-state index contributed by atoms with van der Waals surface area (Å²) in [6, 6.07) is -0.991. The van der Waals surface area contributed by atoms with Crippen LogP contribution in [0.4, 0.5) is 8.78 Å². The number of halogens is 2. The molecule has 0 spiro atoms. The molecule has 8 heteroatoms. The van der Waals surface area contributed by atoms with Gasteiger partial charge >= 0.3 is 12.5 Å². The van der Waals surface area contributed by atoms with E-state index in [1.807, 2.05) is 0 Å². The monoisotopic (exact) mass is 315 g/mol. The minimum atomic E-state index is -2.76. The number of alkyl halides is 2. The Hall–Kier alpha value is -1.99. The fourth-order valence-electron chi connectivity index (χ4n) is 2.59. The number of hydrogen-bond acceptors (Lipinski definition) is 3. The van der Waals surface area contributed by atoms with Crippen LogP contribution in [0, 0.1) is 13.8 Å². The van der Waals surface area contributed by atoms with Crippen LogP contribution in [0.25, 0.3) is 0 Å². The molecule has 1 aromatic heterocycles. The van der Waals surface area contributed by atoms with Gasteiger partial charge in [-0.1, -0.05) is 0 Å². The molecule has 1 heterocycles. The van der Waals surface area contributed by atoms with Gasteiger partial charge in [-0.2, -0.15) is 13.9 Å². The van der Waals surface area contributed by atoms with E-state index in [4.69, 9.17) is 5.11 Å². The lowest BCUT2D eigenvalue weighted by molar-refractivity contribution is -0.149. The number of carboxylic acid groups (broad SMARTS) is 1. The first-order chi connectivity index (χ1) is 10.2. The van der Waals surface area contributed by atoms with Gasteiger partial charge < -0.3 is 10.0 Å². The molecule has 0 aliphatic heterocycles. The molecule has 1 atom stereocenters. The summed E-state index contributed by atoms with van der Waals surface area (Å²) in [6.07, 6.45) is 1.44. The van der Waals surface area contributed by atoms with Crippen molar-refractivity contribution in [3.8, 4) is 0 Å².